The summed E-state index contributed by atoms with van der Waals surface area (Å²) in [7, 11) is 1.86. The largest absolute Gasteiger partial charge is 0.391 e. The Hall–Kier alpha value is -1.36. The van der Waals surface area contributed by atoms with Crippen LogP contribution in [0.1, 0.15) is 51.9 Å². The number of anilines is 2. The summed E-state index contributed by atoms with van der Waals surface area (Å²) in [6, 6.07) is 0. The number of aromatic nitrogens is 2. The van der Waals surface area contributed by atoms with Crippen molar-refractivity contribution in [2.45, 2.75) is 60.0 Å². The maximum absolute atomic E-state index is 10.1. The van der Waals surface area contributed by atoms with E-state index < -0.39 is 0 Å². The molecule has 0 spiro atoms. The van der Waals surface area contributed by atoms with E-state index in [2.05, 4.69) is 48.3 Å². The molecule has 5 heteroatoms. The average Bonchev–Trinajstić information content (AvgIpc) is 2.37. The lowest BCUT2D eigenvalue weighted by molar-refractivity contribution is 0.132. The van der Waals surface area contributed by atoms with Crippen LogP contribution in [0.4, 0.5) is 11.6 Å². The summed E-state index contributed by atoms with van der Waals surface area (Å²) in [5, 5.41) is 16.5. The van der Waals surface area contributed by atoms with E-state index in [0.29, 0.717) is 6.54 Å². The molecule has 1 aromatic rings. The van der Waals surface area contributed by atoms with E-state index in [9.17, 15) is 5.11 Å². The fraction of sp³-hybridized carbons (Fsp3) is 0.750. The number of aliphatic hydroxyl groups is 1. The summed E-state index contributed by atoms with van der Waals surface area (Å²) in [6.07, 6.45) is 2.24. The number of nitrogens with zero attached hydrogens (tertiary/aromatic N) is 2. The maximum Gasteiger partial charge on any atom is 0.134 e. The second-order valence-electron chi connectivity index (χ2n) is 6.76. The van der Waals surface area contributed by atoms with Crippen molar-refractivity contribution in [3.8, 4) is 0 Å². The second-order valence-corrected chi connectivity index (χ2v) is 6.76. The fourth-order valence-electron chi connectivity index (χ4n) is 2.31. The number of aliphatic hydroxyl groups excluding tert-OH is 1. The van der Waals surface area contributed by atoms with Crippen molar-refractivity contribution in [3.63, 3.8) is 0 Å². The molecule has 0 aromatic carbocycles. The van der Waals surface area contributed by atoms with E-state index in [4.69, 9.17) is 0 Å². The van der Waals surface area contributed by atoms with E-state index in [-0.39, 0.29) is 11.5 Å². The molecule has 1 heterocycles. The molecule has 0 aliphatic heterocycles. The molecule has 0 amide bonds. The molecule has 1 unspecified atom stereocenters. The second kappa shape index (κ2) is 7.59. The normalized spacial score (nSPS) is 13.1. The first-order valence-electron chi connectivity index (χ1n) is 7.74. The first-order valence-corrected chi connectivity index (χ1v) is 7.74. The molecule has 1 atom stereocenters. The Balaban J connectivity index is 2.79. The van der Waals surface area contributed by atoms with Crippen molar-refractivity contribution in [1.29, 1.82) is 0 Å². The van der Waals surface area contributed by atoms with Crippen LogP contribution in [0.5, 0.6) is 0 Å². The summed E-state index contributed by atoms with van der Waals surface area (Å²) in [5.41, 5.74) is 1.10. The smallest absolute Gasteiger partial charge is 0.134 e. The first-order chi connectivity index (χ1) is 9.76. The summed E-state index contributed by atoms with van der Waals surface area (Å²) in [6.45, 7) is 11.0. The monoisotopic (exact) mass is 294 g/mol. The lowest BCUT2D eigenvalue weighted by Crippen LogP contribution is -2.26. The quantitative estimate of drug-likeness (QED) is 0.721. The molecule has 21 heavy (non-hydrogen) atoms. The van der Waals surface area contributed by atoms with Crippen LogP contribution >= 0.6 is 0 Å². The average molecular weight is 294 g/mol. The predicted octanol–water partition coefficient (Wildman–Crippen LogP) is 2.99. The highest BCUT2D eigenvalue weighted by atomic mass is 16.3. The third kappa shape index (κ3) is 5.87. The van der Waals surface area contributed by atoms with Crippen molar-refractivity contribution < 1.29 is 5.11 Å². The zero-order valence-electron chi connectivity index (χ0n) is 14.2. The van der Waals surface area contributed by atoms with Gasteiger partial charge in [0.1, 0.15) is 17.5 Å². The minimum absolute atomic E-state index is 0.116. The van der Waals surface area contributed by atoms with Gasteiger partial charge < -0.3 is 15.7 Å². The summed E-state index contributed by atoms with van der Waals surface area (Å²) in [5.74, 6) is 2.49. The van der Waals surface area contributed by atoms with E-state index >= 15 is 0 Å². The molecule has 0 radical (unpaired) electrons. The van der Waals surface area contributed by atoms with Gasteiger partial charge in [-0.05, 0) is 25.2 Å². The number of hydrogen-bond donors (Lipinski definition) is 3. The molecule has 0 bridgehead atoms. The molecular formula is C16H30N4O. The van der Waals surface area contributed by atoms with Gasteiger partial charge in [-0.25, -0.2) is 9.97 Å². The van der Waals surface area contributed by atoms with Gasteiger partial charge in [0, 0.05) is 25.6 Å². The fourth-order valence-corrected chi connectivity index (χ4v) is 2.31. The molecule has 5 nitrogen and oxygen atoms in total. The van der Waals surface area contributed by atoms with Crippen LogP contribution in [0.2, 0.25) is 0 Å². The molecule has 0 saturated heterocycles. The molecule has 120 valence electrons. The molecular weight excluding hydrogens is 264 g/mol. The minimum Gasteiger partial charge on any atom is -0.391 e. The Morgan fingerprint density at radius 2 is 1.81 bits per heavy atom. The number of nitrogens with one attached hydrogen (secondary N) is 2. The molecule has 3 N–H and O–H groups in total. The molecule has 0 aliphatic rings. The van der Waals surface area contributed by atoms with Crippen molar-refractivity contribution in [1.82, 2.24) is 9.97 Å². The van der Waals surface area contributed by atoms with E-state index in [0.717, 1.165) is 42.3 Å². The van der Waals surface area contributed by atoms with Gasteiger partial charge in [-0.2, -0.15) is 0 Å². The van der Waals surface area contributed by atoms with Crippen LogP contribution < -0.4 is 10.6 Å². The number of aryl methyl sites for hydroxylation is 1. The third-order valence-electron chi connectivity index (χ3n) is 3.26. The van der Waals surface area contributed by atoms with Gasteiger partial charge in [-0.15, -0.1) is 0 Å². The molecule has 0 saturated carbocycles. The highest BCUT2D eigenvalue weighted by molar-refractivity contribution is 5.57. The highest BCUT2D eigenvalue weighted by Crippen LogP contribution is 2.23. The van der Waals surface area contributed by atoms with E-state index in [1.54, 1.807) is 0 Å². The van der Waals surface area contributed by atoms with Crippen LogP contribution in [0.25, 0.3) is 0 Å². The predicted molar refractivity (Wildman–Crippen MR) is 88.9 cm³/mol. The highest BCUT2D eigenvalue weighted by Gasteiger charge is 2.17. The van der Waals surface area contributed by atoms with Gasteiger partial charge in [0.25, 0.3) is 0 Å². The van der Waals surface area contributed by atoms with Gasteiger partial charge in [-0.1, -0.05) is 27.7 Å². The van der Waals surface area contributed by atoms with Crippen molar-refractivity contribution in [2.24, 2.45) is 5.41 Å². The van der Waals surface area contributed by atoms with Crippen molar-refractivity contribution >= 4 is 11.6 Å². The van der Waals surface area contributed by atoms with Gasteiger partial charge in [0.05, 0.1) is 6.10 Å². The summed E-state index contributed by atoms with van der Waals surface area (Å²) in [4.78, 5) is 9.07. The van der Waals surface area contributed by atoms with Crippen LogP contribution in [-0.4, -0.2) is 34.8 Å². The van der Waals surface area contributed by atoms with Crippen molar-refractivity contribution in [2.75, 3.05) is 24.2 Å². The summed E-state index contributed by atoms with van der Waals surface area (Å²) < 4.78 is 0. The van der Waals surface area contributed by atoms with Gasteiger partial charge >= 0.3 is 0 Å². The number of hydrogen-bond acceptors (Lipinski definition) is 5. The minimum atomic E-state index is -0.382. The van der Waals surface area contributed by atoms with Crippen LogP contribution in [0.15, 0.2) is 0 Å². The van der Waals surface area contributed by atoms with Gasteiger partial charge in [0.2, 0.25) is 0 Å². The van der Waals surface area contributed by atoms with Crippen molar-refractivity contribution in [3.05, 3.63) is 11.4 Å². The van der Waals surface area contributed by atoms with Gasteiger partial charge in [0.15, 0.2) is 0 Å². The maximum atomic E-state index is 10.1. The van der Waals surface area contributed by atoms with E-state index in [1.165, 1.54) is 0 Å². The SMILES string of the molecule is CCCc1nc(NC)c(C)c(NCC(O)CC(C)(C)C)n1. The molecule has 1 rings (SSSR count). The molecule has 1 aromatic heterocycles. The molecule has 0 aliphatic carbocycles. The Labute approximate surface area is 128 Å². The molecule has 0 fully saturated rings. The van der Waals surface area contributed by atoms with Crippen LogP contribution in [0, 0.1) is 12.3 Å². The summed E-state index contributed by atoms with van der Waals surface area (Å²) >= 11 is 0. The Morgan fingerprint density at radius 3 is 2.33 bits per heavy atom. The number of rotatable bonds is 7. The lowest BCUT2D eigenvalue weighted by atomic mass is 9.89. The van der Waals surface area contributed by atoms with Crippen LogP contribution in [-0.2, 0) is 6.42 Å². The lowest BCUT2D eigenvalue weighted by Gasteiger charge is -2.23. The zero-order chi connectivity index (χ0) is 16.0. The Morgan fingerprint density at radius 1 is 1.19 bits per heavy atom. The first kappa shape index (κ1) is 17.7. The topological polar surface area (TPSA) is 70.1 Å². The van der Waals surface area contributed by atoms with E-state index in [1.807, 2.05) is 14.0 Å². The van der Waals surface area contributed by atoms with Gasteiger partial charge in [-0.3, -0.25) is 0 Å². The standard InChI is InChI=1S/C16H30N4O/c1-7-8-13-19-14(17-6)11(2)15(20-13)18-10-12(21)9-16(3,4)5/h12,21H,7-10H2,1-6H3,(H2,17,18,19,20). The third-order valence-corrected chi connectivity index (χ3v) is 3.26. The zero-order valence-corrected chi connectivity index (χ0v) is 14.2. The van der Waals surface area contributed by atoms with Crippen LogP contribution in [0.3, 0.4) is 0 Å². The Bertz CT molecular complexity index is 454. The Kier molecular flexibility index (Phi) is 6.40.